The minimum Gasteiger partial charge on any atom is -0.376 e. The SMILES string of the molecule is COC1(C)CN(CC2CCCN2)C1. The molecule has 1 unspecified atom stereocenters. The Morgan fingerprint density at radius 2 is 2.31 bits per heavy atom. The van der Waals surface area contributed by atoms with Crippen molar-refractivity contribution in [2.75, 3.05) is 33.3 Å². The van der Waals surface area contributed by atoms with Crippen LogP contribution >= 0.6 is 0 Å². The average molecular weight is 184 g/mol. The number of nitrogens with zero attached hydrogens (tertiary/aromatic N) is 1. The first-order chi connectivity index (χ1) is 6.22. The second-order valence-corrected chi connectivity index (χ2v) is 4.62. The lowest BCUT2D eigenvalue weighted by atomic mass is 9.95. The van der Waals surface area contributed by atoms with Gasteiger partial charge in [0.05, 0.1) is 5.60 Å². The second kappa shape index (κ2) is 3.56. The van der Waals surface area contributed by atoms with Gasteiger partial charge in [-0.3, -0.25) is 4.90 Å². The van der Waals surface area contributed by atoms with Crippen LogP contribution in [-0.2, 0) is 4.74 Å². The van der Waals surface area contributed by atoms with Crippen LogP contribution in [0.4, 0.5) is 0 Å². The normalized spacial score (nSPS) is 33.2. The summed E-state index contributed by atoms with van der Waals surface area (Å²) in [6.07, 6.45) is 2.69. The van der Waals surface area contributed by atoms with Crippen LogP contribution in [-0.4, -0.2) is 49.8 Å². The van der Waals surface area contributed by atoms with Crippen molar-refractivity contribution in [2.45, 2.75) is 31.4 Å². The maximum absolute atomic E-state index is 5.41. The standard InChI is InChI=1S/C10H20N2O/c1-10(13-2)7-12(8-10)6-9-4-3-5-11-9/h9,11H,3-8H2,1-2H3. The van der Waals surface area contributed by atoms with Gasteiger partial charge in [-0.05, 0) is 26.3 Å². The van der Waals surface area contributed by atoms with Crippen molar-refractivity contribution >= 4 is 0 Å². The second-order valence-electron chi connectivity index (χ2n) is 4.62. The molecular formula is C10H20N2O. The van der Waals surface area contributed by atoms with E-state index in [1.165, 1.54) is 25.9 Å². The van der Waals surface area contributed by atoms with Gasteiger partial charge in [-0.1, -0.05) is 0 Å². The molecule has 0 spiro atoms. The molecule has 0 aromatic rings. The van der Waals surface area contributed by atoms with Crippen LogP contribution in [0.15, 0.2) is 0 Å². The molecule has 3 heteroatoms. The Balaban J connectivity index is 1.68. The average Bonchev–Trinajstić information content (AvgIpc) is 2.54. The molecule has 2 fully saturated rings. The Kier molecular flexibility index (Phi) is 2.58. The minimum atomic E-state index is 0.138. The van der Waals surface area contributed by atoms with Crippen LogP contribution in [0, 0.1) is 0 Å². The van der Waals surface area contributed by atoms with Gasteiger partial charge in [0, 0.05) is 32.8 Å². The largest absolute Gasteiger partial charge is 0.376 e. The van der Waals surface area contributed by atoms with Gasteiger partial charge >= 0.3 is 0 Å². The van der Waals surface area contributed by atoms with Gasteiger partial charge in [0.15, 0.2) is 0 Å². The summed E-state index contributed by atoms with van der Waals surface area (Å²) in [7, 11) is 1.81. The number of ether oxygens (including phenoxy) is 1. The molecule has 2 saturated heterocycles. The van der Waals surface area contributed by atoms with E-state index in [2.05, 4.69) is 17.1 Å². The maximum atomic E-state index is 5.41. The Labute approximate surface area is 80.4 Å². The van der Waals surface area contributed by atoms with Crippen molar-refractivity contribution in [2.24, 2.45) is 0 Å². The van der Waals surface area contributed by atoms with E-state index in [0.29, 0.717) is 0 Å². The highest BCUT2D eigenvalue weighted by Gasteiger charge is 2.39. The zero-order valence-electron chi connectivity index (χ0n) is 8.68. The van der Waals surface area contributed by atoms with E-state index in [9.17, 15) is 0 Å². The molecule has 2 aliphatic heterocycles. The van der Waals surface area contributed by atoms with Crippen LogP contribution in [0.25, 0.3) is 0 Å². The van der Waals surface area contributed by atoms with Crippen molar-refractivity contribution in [1.82, 2.24) is 10.2 Å². The Hall–Kier alpha value is -0.120. The maximum Gasteiger partial charge on any atom is 0.0903 e. The first-order valence-corrected chi connectivity index (χ1v) is 5.23. The molecule has 0 amide bonds. The topological polar surface area (TPSA) is 24.5 Å². The fraction of sp³-hybridized carbons (Fsp3) is 1.00. The van der Waals surface area contributed by atoms with Crippen LogP contribution in [0.1, 0.15) is 19.8 Å². The van der Waals surface area contributed by atoms with Gasteiger partial charge < -0.3 is 10.1 Å². The lowest BCUT2D eigenvalue weighted by Crippen LogP contribution is -2.62. The van der Waals surface area contributed by atoms with Crippen LogP contribution < -0.4 is 5.32 Å². The van der Waals surface area contributed by atoms with Gasteiger partial charge in [0.2, 0.25) is 0 Å². The van der Waals surface area contributed by atoms with Crippen molar-refractivity contribution < 1.29 is 4.74 Å². The summed E-state index contributed by atoms with van der Waals surface area (Å²) < 4.78 is 5.41. The van der Waals surface area contributed by atoms with E-state index in [-0.39, 0.29) is 5.60 Å². The summed E-state index contributed by atoms with van der Waals surface area (Å²) in [6.45, 7) is 6.80. The van der Waals surface area contributed by atoms with E-state index in [1.54, 1.807) is 0 Å². The highest BCUT2D eigenvalue weighted by molar-refractivity contribution is 4.95. The molecule has 1 N–H and O–H groups in total. The summed E-state index contributed by atoms with van der Waals surface area (Å²) in [5.74, 6) is 0. The van der Waals surface area contributed by atoms with Gasteiger partial charge in [0.1, 0.15) is 0 Å². The molecule has 0 saturated carbocycles. The van der Waals surface area contributed by atoms with Crippen molar-refractivity contribution in [3.8, 4) is 0 Å². The lowest BCUT2D eigenvalue weighted by molar-refractivity contribution is -0.112. The summed E-state index contributed by atoms with van der Waals surface area (Å²) in [4.78, 5) is 2.48. The number of hydrogen-bond donors (Lipinski definition) is 1. The number of hydrogen-bond acceptors (Lipinski definition) is 3. The lowest BCUT2D eigenvalue weighted by Gasteiger charge is -2.47. The van der Waals surface area contributed by atoms with E-state index in [4.69, 9.17) is 4.74 Å². The third-order valence-electron chi connectivity index (χ3n) is 3.25. The smallest absolute Gasteiger partial charge is 0.0903 e. The molecule has 2 aliphatic rings. The first kappa shape index (κ1) is 9.44. The summed E-state index contributed by atoms with van der Waals surface area (Å²) in [6, 6.07) is 0.737. The molecule has 0 aliphatic carbocycles. The zero-order valence-corrected chi connectivity index (χ0v) is 8.68. The molecule has 13 heavy (non-hydrogen) atoms. The van der Waals surface area contributed by atoms with Crippen molar-refractivity contribution in [1.29, 1.82) is 0 Å². The van der Waals surface area contributed by atoms with Crippen LogP contribution in [0.2, 0.25) is 0 Å². The number of rotatable bonds is 3. The monoisotopic (exact) mass is 184 g/mol. The zero-order chi connectivity index (χ0) is 9.31. The molecular weight excluding hydrogens is 164 g/mol. The first-order valence-electron chi connectivity index (χ1n) is 5.23. The number of nitrogens with one attached hydrogen (secondary N) is 1. The highest BCUT2D eigenvalue weighted by atomic mass is 16.5. The molecule has 3 nitrogen and oxygen atoms in total. The Morgan fingerprint density at radius 1 is 1.54 bits per heavy atom. The summed E-state index contributed by atoms with van der Waals surface area (Å²) in [5.41, 5.74) is 0.138. The van der Waals surface area contributed by atoms with E-state index >= 15 is 0 Å². The van der Waals surface area contributed by atoms with Gasteiger partial charge in [-0.2, -0.15) is 0 Å². The fourth-order valence-corrected chi connectivity index (χ4v) is 2.38. The number of likely N-dealkylation sites (tertiary alicyclic amines) is 1. The molecule has 2 heterocycles. The van der Waals surface area contributed by atoms with Gasteiger partial charge in [-0.15, -0.1) is 0 Å². The minimum absolute atomic E-state index is 0.138. The van der Waals surface area contributed by atoms with Gasteiger partial charge in [0.25, 0.3) is 0 Å². The molecule has 0 aromatic carbocycles. The molecule has 0 bridgehead atoms. The quantitative estimate of drug-likeness (QED) is 0.689. The predicted octanol–water partition coefficient (Wildman–Crippen LogP) is 0.459. The fourth-order valence-electron chi connectivity index (χ4n) is 2.38. The summed E-state index contributed by atoms with van der Waals surface area (Å²) in [5, 5.41) is 3.52. The molecule has 1 atom stereocenters. The van der Waals surface area contributed by atoms with Crippen LogP contribution in [0.3, 0.4) is 0 Å². The predicted molar refractivity (Wildman–Crippen MR) is 52.9 cm³/mol. The Morgan fingerprint density at radius 3 is 2.85 bits per heavy atom. The van der Waals surface area contributed by atoms with Crippen LogP contribution in [0.5, 0.6) is 0 Å². The van der Waals surface area contributed by atoms with Gasteiger partial charge in [-0.25, -0.2) is 0 Å². The molecule has 0 aromatic heterocycles. The summed E-state index contributed by atoms with van der Waals surface area (Å²) >= 11 is 0. The molecule has 2 rings (SSSR count). The van der Waals surface area contributed by atoms with E-state index < -0.39 is 0 Å². The number of methoxy groups -OCH3 is 1. The van der Waals surface area contributed by atoms with Crippen molar-refractivity contribution in [3.63, 3.8) is 0 Å². The van der Waals surface area contributed by atoms with E-state index in [1.807, 2.05) is 7.11 Å². The third kappa shape index (κ3) is 2.03. The molecule has 0 radical (unpaired) electrons. The van der Waals surface area contributed by atoms with Crippen molar-refractivity contribution in [3.05, 3.63) is 0 Å². The van der Waals surface area contributed by atoms with E-state index in [0.717, 1.165) is 19.1 Å². The highest BCUT2D eigenvalue weighted by Crippen LogP contribution is 2.24. The molecule has 76 valence electrons. The Bertz CT molecular complexity index is 172. The third-order valence-corrected chi connectivity index (χ3v) is 3.25.